The molecule has 4 unspecified atom stereocenters. The number of allylic oxidation sites excluding steroid dienone is 3. The van der Waals surface area contributed by atoms with Crippen LogP contribution in [0, 0.1) is 28.9 Å². The number of piperidine rings is 1. The second-order valence-electron chi connectivity index (χ2n) is 11.1. The molecule has 4 atom stereocenters. The lowest BCUT2D eigenvalue weighted by Gasteiger charge is -2.43. The Labute approximate surface area is 257 Å². The van der Waals surface area contributed by atoms with Gasteiger partial charge in [0.05, 0.1) is 6.20 Å². The number of ether oxygens (including phenoxy) is 2. The van der Waals surface area contributed by atoms with E-state index in [4.69, 9.17) is 20.6 Å². The number of benzene rings is 2. The number of phenolic OH excluding ortho intramolecular Hbond substituents is 1. The number of nitrogen functional groups attached to an aromatic ring is 1. The van der Waals surface area contributed by atoms with E-state index in [1.165, 1.54) is 24.3 Å². The molecule has 13 heteroatoms. The fourth-order valence-electron chi connectivity index (χ4n) is 5.80. The van der Waals surface area contributed by atoms with Crippen LogP contribution in [0.5, 0.6) is 28.9 Å². The van der Waals surface area contributed by atoms with Gasteiger partial charge in [0, 0.05) is 42.0 Å². The number of phenols is 1. The number of carboxylic acids is 1. The molecule has 1 saturated heterocycles. The summed E-state index contributed by atoms with van der Waals surface area (Å²) in [5.74, 6) is -5.41. The lowest BCUT2D eigenvalue weighted by Crippen LogP contribution is -2.51. The number of amidine groups is 1. The van der Waals surface area contributed by atoms with Gasteiger partial charge in [-0.05, 0) is 55.8 Å². The van der Waals surface area contributed by atoms with Crippen LogP contribution in [0.25, 0.3) is 0 Å². The van der Waals surface area contributed by atoms with Crippen LogP contribution in [0.1, 0.15) is 23.7 Å². The third-order valence-corrected chi connectivity index (χ3v) is 8.17. The number of hydrogen-bond acceptors (Lipinski definition) is 9. The average Bonchev–Trinajstić information content (AvgIpc) is 3.46. The molecule has 45 heavy (non-hydrogen) atoms. The van der Waals surface area contributed by atoms with Crippen molar-refractivity contribution in [2.75, 3.05) is 25.0 Å². The van der Waals surface area contributed by atoms with Gasteiger partial charge >= 0.3 is 5.97 Å². The largest absolute Gasteiger partial charge is 0.504 e. The number of aromatic hydroxyl groups is 1. The number of fused-ring (bicyclic) bond motifs is 1. The van der Waals surface area contributed by atoms with E-state index < -0.39 is 41.4 Å². The van der Waals surface area contributed by atoms with E-state index in [0.29, 0.717) is 30.8 Å². The molecule has 0 saturated carbocycles. The Kier molecular flexibility index (Phi) is 7.94. The molecule has 1 aliphatic carbocycles. The van der Waals surface area contributed by atoms with Crippen molar-refractivity contribution in [3.05, 3.63) is 89.7 Å². The van der Waals surface area contributed by atoms with Gasteiger partial charge in [0.25, 0.3) is 5.88 Å². The summed E-state index contributed by atoms with van der Waals surface area (Å²) < 4.78 is 42.1. The molecule has 2 aliphatic heterocycles. The Morgan fingerprint density at radius 1 is 1.09 bits per heavy atom. The smallest absolute Gasteiger partial charge is 0.326 e. The molecule has 0 amide bonds. The van der Waals surface area contributed by atoms with Gasteiger partial charge in [-0.2, -0.15) is 4.39 Å². The molecule has 0 radical (unpaired) electrons. The molecular weight excluding hydrogens is 586 g/mol. The third kappa shape index (κ3) is 5.81. The summed E-state index contributed by atoms with van der Waals surface area (Å²) in [6.45, 7) is 0.993. The number of anilines is 1. The van der Waals surface area contributed by atoms with E-state index in [1.807, 2.05) is 35.1 Å². The van der Waals surface area contributed by atoms with E-state index in [1.54, 1.807) is 18.3 Å². The molecule has 0 spiro atoms. The highest BCUT2D eigenvalue weighted by Crippen LogP contribution is 2.42. The Morgan fingerprint density at radius 2 is 1.87 bits per heavy atom. The molecule has 0 bridgehead atoms. The minimum absolute atomic E-state index is 0.0910. The molecule has 3 aromatic rings. The van der Waals surface area contributed by atoms with Crippen LogP contribution in [0.15, 0.2) is 71.9 Å². The second kappa shape index (κ2) is 12.0. The summed E-state index contributed by atoms with van der Waals surface area (Å²) in [6, 6.07) is 7.99. The van der Waals surface area contributed by atoms with Crippen molar-refractivity contribution in [2.45, 2.75) is 18.6 Å². The number of aromatic nitrogens is 1. The van der Waals surface area contributed by atoms with Gasteiger partial charge in [-0.1, -0.05) is 24.3 Å². The Hall–Kier alpha value is -5.30. The molecule has 2 aromatic carbocycles. The monoisotopic (exact) mass is 616 g/mol. The average molecular weight is 617 g/mol. The normalized spacial score (nSPS) is 22.3. The standard InChI is InChI=1S/C32H30F2N6O5/c1-39-11-10-37-30(39)21-14-20(40-16-19-5-3-2-4-17(19)12-23(40)32(42)43)7-9-25(21)44-28-22(33)15-38-31(27(28)34)45-26-13-18(29(35)36)6-8-24(26)41/h2-10,13-15,17,19,23,30,41H,11-12,16H2,1H3,(H3,35,36)(H,42,43). The van der Waals surface area contributed by atoms with E-state index >= 15 is 8.78 Å². The first-order chi connectivity index (χ1) is 21.6. The molecule has 5 N–H and O–H groups in total. The lowest BCUT2D eigenvalue weighted by molar-refractivity contribution is -0.139. The number of halogens is 2. The number of nitrogens with two attached hydrogens (primary N) is 1. The van der Waals surface area contributed by atoms with Crippen LogP contribution in [0.3, 0.4) is 0 Å². The van der Waals surface area contributed by atoms with Crippen LogP contribution < -0.4 is 20.1 Å². The molecule has 11 nitrogen and oxygen atoms in total. The molecular formula is C32H30F2N6O5. The number of hydrogen-bond donors (Lipinski definition) is 4. The van der Waals surface area contributed by atoms with E-state index in [9.17, 15) is 15.0 Å². The highest BCUT2D eigenvalue weighted by atomic mass is 19.1. The topological polar surface area (TPSA) is 158 Å². The van der Waals surface area contributed by atoms with Crippen LogP contribution in [0.2, 0.25) is 0 Å². The van der Waals surface area contributed by atoms with Gasteiger partial charge in [0.15, 0.2) is 17.3 Å². The highest BCUT2D eigenvalue weighted by molar-refractivity contribution is 5.95. The first-order valence-corrected chi connectivity index (χ1v) is 14.2. The van der Waals surface area contributed by atoms with Crippen molar-refractivity contribution in [3.8, 4) is 28.9 Å². The van der Waals surface area contributed by atoms with Crippen LogP contribution in [-0.2, 0) is 4.79 Å². The van der Waals surface area contributed by atoms with Crippen molar-refractivity contribution in [1.29, 1.82) is 5.41 Å². The highest BCUT2D eigenvalue weighted by Gasteiger charge is 2.38. The molecule has 1 fully saturated rings. The van der Waals surface area contributed by atoms with Crippen molar-refractivity contribution in [3.63, 3.8) is 0 Å². The maximum absolute atomic E-state index is 15.7. The van der Waals surface area contributed by atoms with Crippen molar-refractivity contribution in [1.82, 2.24) is 9.88 Å². The number of rotatable bonds is 8. The fraction of sp³-hybridized carbons (Fsp3) is 0.250. The number of carbonyl (C=O) groups is 1. The maximum Gasteiger partial charge on any atom is 0.326 e. The number of aliphatic imine (C=N–C) groups is 1. The zero-order valence-electron chi connectivity index (χ0n) is 24.1. The van der Waals surface area contributed by atoms with Crippen LogP contribution >= 0.6 is 0 Å². The first-order valence-electron chi connectivity index (χ1n) is 14.2. The molecule has 1 aromatic heterocycles. The summed E-state index contributed by atoms with van der Waals surface area (Å²) in [5.41, 5.74) is 6.80. The molecule has 3 heterocycles. The lowest BCUT2D eigenvalue weighted by atomic mass is 9.79. The van der Waals surface area contributed by atoms with Gasteiger partial charge in [-0.15, -0.1) is 0 Å². The van der Waals surface area contributed by atoms with Gasteiger partial charge in [-0.25, -0.2) is 14.2 Å². The summed E-state index contributed by atoms with van der Waals surface area (Å²) in [7, 11) is 1.83. The van der Waals surface area contributed by atoms with Crippen molar-refractivity contribution < 1.29 is 33.3 Å². The summed E-state index contributed by atoms with van der Waals surface area (Å²) in [6.07, 6.45) is 10.3. The zero-order chi connectivity index (χ0) is 31.8. The maximum atomic E-state index is 15.7. The van der Waals surface area contributed by atoms with Crippen molar-refractivity contribution >= 4 is 23.7 Å². The predicted octanol–water partition coefficient (Wildman–Crippen LogP) is 4.97. The summed E-state index contributed by atoms with van der Waals surface area (Å²) in [5, 5.41) is 27.9. The quantitative estimate of drug-likeness (QED) is 0.203. The number of nitrogens with one attached hydrogen (secondary N) is 1. The second-order valence-corrected chi connectivity index (χ2v) is 11.1. The van der Waals surface area contributed by atoms with Gasteiger partial charge in [0.2, 0.25) is 11.6 Å². The summed E-state index contributed by atoms with van der Waals surface area (Å²) >= 11 is 0. The minimum Gasteiger partial charge on any atom is -0.504 e. The minimum atomic E-state index is -1.27. The number of carboxylic acid groups (broad SMARTS) is 1. The van der Waals surface area contributed by atoms with E-state index in [0.717, 1.165) is 6.20 Å². The first kappa shape index (κ1) is 29.8. The third-order valence-electron chi connectivity index (χ3n) is 8.17. The Bertz CT molecular complexity index is 1760. The number of nitrogens with zero attached hydrogens (tertiary/aromatic N) is 4. The van der Waals surface area contributed by atoms with Gasteiger partial charge in [-0.3, -0.25) is 15.3 Å². The fourth-order valence-corrected chi connectivity index (χ4v) is 5.80. The predicted molar refractivity (Wildman–Crippen MR) is 162 cm³/mol. The SMILES string of the molecule is CN1CC=NC1c1cc(N2CC3C=CC=CC3CC2C(=O)O)ccc1Oc1c(F)cnc(Oc2cc(C(=N)N)ccc2O)c1F. The molecule has 6 rings (SSSR count). The Balaban J connectivity index is 1.36. The van der Waals surface area contributed by atoms with E-state index in [-0.39, 0.29) is 40.5 Å². The van der Waals surface area contributed by atoms with Crippen LogP contribution in [-0.4, -0.2) is 64.3 Å². The van der Waals surface area contributed by atoms with Crippen LogP contribution in [0.4, 0.5) is 14.5 Å². The number of aliphatic carboxylic acids is 1. The van der Waals surface area contributed by atoms with Crippen molar-refractivity contribution in [2.24, 2.45) is 22.6 Å². The number of pyridine rings is 1. The zero-order valence-corrected chi connectivity index (χ0v) is 24.1. The van der Waals surface area contributed by atoms with Gasteiger partial charge in [0.1, 0.15) is 23.8 Å². The molecule has 3 aliphatic rings. The van der Waals surface area contributed by atoms with E-state index in [2.05, 4.69) is 16.1 Å². The summed E-state index contributed by atoms with van der Waals surface area (Å²) in [4.78, 5) is 24.3. The van der Waals surface area contributed by atoms with Gasteiger partial charge < -0.3 is 30.3 Å². The Morgan fingerprint density at radius 3 is 2.58 bits per heavy atom. The molecule has 232 valence electrons.